The number of rotatable bonds is 9. The molecule has 0 unspecified atom stereocenters. The van der Waals surface area contributed by atoms with Crippen LogP contribution in [0.2, 0.25) is 0 Å². The van der Waals surface area contributed by atoms with Gasteiger partial charge in [-0.25, -0.2) is 4.98 Å². The summed E-state index contributed by atoms with van der Waals surface area (Å²) < 4.78 is 7.24. The molecule has 1 saturated heterocycles. The zero-order chi connectivity index (χ0) is 21.8. The number of hydrogen-bond donors (Lipinski definition) is 5. The van der Waals surface area contributed by atoms with E-state index in [-0.39, 0.29) is 0 Å². The fourth-order valence-electron chi connectivity index (χ4n) is 3.58. The molecule has 1 aromatic carbocycles. The summed E-state index contributed by atoms with van der Waals surface area (Å²) in [6.45, 7) is 2.99. The Balaban J connectivity index is 1.67. The van der Waals surface area contributed by atoms with Crippen molar-refractivity contribution in [3.05, 3.63) is 42.2 Å². The number of benzene rings is 1. The van der Waals surface area contributed by atoms with Gasteiger partial charge in [0, 0.05) is 13.1 Å². The minimum absolute atomic E-state index is 0.399. The quantitative estimate of drug-likeness (QED) is 0.319. The number of aromatic nitrogens is 4. The molecular weight excluding hydrogens is 400 g/mol. The van der Waals surface area contributed by atoms with E-state index in [1.54, 1.807) is 4.57 Å². The highest BCUT2D eigenvalue weighted by Crippen LogP contribution is 2.32. The van der Waals surface area contributed by atoms with Crippen molar-refractivity contribution in [3.63, 3.8) is 0 Å². The first-order chi connectivity index (χ1) is 15.1. The van der Waals surface area contributed by atoms with Crippen molar-refractivity contribution in [2.75, 3.05) is 23.8 Å². The van der Waals surface area contributed by atoms with Crippen molar-refractivity contribution < 1.29 is 20.1 Å². The molecule has 31 heavy (non-hydrogen) atoms. The molecule has 5 N–H and O–H groups in total. The van der Waals surface area contributed by atoms with E-state index in [9.17, 15) is 15.3 Å². The molecular formula is C21H28N6O4. The summed E-state index contributed by atoms with van der Waals surface area (Å²) in [5.74, 6) is 0.989. The van der Waals surface area contributed by atoms with Gasteiger partial charge in [-0.2, -0.15) is 9.97 Å². The second kappa shape index (κ2) is 9.56. The molecule has 0 radical (unpaired) electrons. The van der Waals surface area contributed by atoms with Gasteiger partial charge in [0.25, 0.3) is 0 Å². The van der Waals surface area contributed by atoms with E-state index in [4.69, 9.17) is 4.74 Å². The summed E-state index contributed by atoms with van der Waals surface area (Å²) in [6, 6.07) is 9.91. The van der Waals surface area contributed by atoms with E-state index >= 15 is 0 Å². The Labute approximate surface area is 179 Å². The Hall–Kier alpha value is -2.79. The fourth-order valence-corrected chi connectivity index (χ4v) is 3.58. The number of hydrogen-bond acceptors (Lipinski definition) is 9. The van der Waals surface area contributed by atoms with Gasteiger partial charge in [0.05, 0.1) is 12.9 Å². The van der Waals surface area contributed by atoms with Crippen LogP contribution in [0.25, 0.3) is 11.2 Å². The molecule has 3 aromatic rings. The average molecular weight is 428 g/mol. The zero-order valence-corrected chi connectivity index (χ0v) is 17.3. The van der Waals surface area contributed by atoms with Crippen LogP contribution >= 0.6 is 0 Å². The van der Waals surface area contributed by atoms with Crippen LogP contribution in [0.4, 0.5) is 11.8 Å². The number of imidazole rings is 1. The number of aliphatic hydroxyl groups is 3. The summed E-state index contributed by atoms with van der Waals surface area (Å²) >= 11 is 0. The third-order valence-electron chi connectivity index (χ3n) is 5.33. The predicted molar refractivity (Wildman–Crippen MR) is 115 cm³/mol. The molecule has 10 heteroatoms. The van der Waals surface area contributed by atoms with Gasteiger partial charge in [-0.15, -0.1) is 0 Å². The van der Waals surface area contributed by atoms with Gasteiger partial charge in [0.2, 0.25) is 5.95 Å². The highest BCUT2D eigenvalue weighted by Gasteiger charge is 2.44. The lowest BCUT2D eigenvalue weighted by Gasteiger charge is -2.17. The highest BCUT2D eigenvalue weighted by molar-refractivity contribution is 5.84. The maximum absolute atomic E-state index is 10.4. The normalized spacial score (nSPS) is 23.4. The fraction of sp³-hybridized carbons (Fsp3) is 0.476. The molecule has 0 amide bonds. The van der Waals surface area contributed by atoms with Gasteiger partial charge in [0.15, 0.2) is 23.2 Å². The lowest BCUT2D eigenvalue weighted by molar-refractivity contribution is -0.0511. The van der Waals surface area contributed by atoms with Gasteiger partial charge < -0.3 is 30.7 Å². The third kappa shape index (κ3) is 4.47. The smallest absolute Gasteiger partial charge is 0.227 e. The Morgan fingerprint density at radius 2 is 1.90 bits per heavy atom. The molecule has 2 aromatic heterocycles. The van der Waals surface area contributed by atoms with Crippen molar-refractivity contribution in [1.29, 1.82) is 0 Å². The topological polar surface area (TPSA) is 138 Å². The third-order valence-corrected chi connectivity index (χ3v) is 5.33. The van der Waals surface area contributed by atoms with E-state index in [1.165, 1.54) is 6.33 Å². The first-order valence-electron chi connectivity index (χ1n) is 10.5. The maximum atomic E-state index is 10.4. The second-order valence-electron chi connectivity index (χ2n) is 7.57. The Bertz CT molecular complexity index is 998. The molecule has 1 aliphatic rings. The molecule has 1 fully saturated rings. The first kappa shape index (κ1) is 21.4. The largest absolute Gasteiger partial charge is 0.394 e. The molecule has 4 atom stereocenters. The summed E-state index contributed by atoms with van der Waals surface area (Å²) in [7, 11) is 0. The monoisotopic (exact) mass is 428 g/mol. The van der Waals surface area contributed by atoms with Crippen LogP contribution < -0.4 is 10.6 Å². The van der Waals surface area contributed by atoms with E-state index in [0.29, 0.717) is 29.5 Å². The van der Waals surface area contributed by atoms with Crippen molar-refractivity contribution in [2.45, 2.75) is 50.8 Å². The number of nitrogens with one attached hydrogen (secondary N) is 2. The van der Waals surface area contributed by atoms with Crippen molar-refractivity contribution in [1.82, 2.24) is 19.5 Å². The zero-order valence-electron chi connectivity index (χ0n) is 17.3. The minimum atomic E-state index is -1.22. The molecule has 4 rings (SSSR count). The van der Waals surface area contributed by atoms with E-state index < -0.39 is 31.1 Å². The lowest BCUT2D eigenvalue weighted by Crippen LogP contribution is -2.33. The first-order valence-corrected chi connectivity index (χ1v) is 10.5. The number of unbranched alkanes of at least 4 members (excludes halogenated alkanes) is 1. The standard InChI is InChI=1S/C21H28N6O4/c1-2-3-9-22-18-15-19(26-21(25-18)23-10-13-7-5-4-6-8-13)27(12-24-15)20-17(30)16(29)14(11-28)31-20/h4-8,12,14,16-17,20,28-30H,2-3,9-11H2,1H3,(H2,22,23,25,26)/t14-,16-,17-,20-/m1/s1. The lowest BCUT2D eigenvalue weighted by atomic mass is 10.1. The number of fused-ring (bicyclic) bond motifs is 1. The molecule has 0 aliphatic carbocycles. The molecule has 166 valence electrons. The number of anilines is 2. The maximum Gasteiger partial charge on any atom is 0.227 e. The van der Waals surface area contributed by atoms with Gasteiger partial charge in [-0.3, -0.25) is 4.57 Å². The van der Waals surface area contributed by atoms with Crippen LogP contribution in [-0.4, -0.2) is 66.3 Å². The highest BCUT2D eigenvalue weighted by atomic mass is 16.6. The molecule has 10 nitrogen and oxygen atoms in total. The van der Waals surface area contributed by atoms with E-state index in [1.807, 2.05) is 30.3 Å². The summed E-state index contributed by atoms with van der Waals surface area (Å²) in [6.07, 6.45) is -0.694. The summed E-state index contributed by atoms with van der Waals surface area (Å²) in [5.41, 5.74) is 2.09. The molecule has 1 aliphatic heterocycles. The Morgan fingerprint density at radius 3 is 2.61 bits per heavy atom. The molecule has 0 saturated carbocycles. The van der Waals surface area contributed by atoms with Gasteiger partial charge in [0.1, 0.15) is 18.3 Å². The van der Waals surface area contributed by atoms with Crippen LogP contribution in [0.3, 0.4) is 0 Å². The van der Waals surface area contributed by atoms with E-state index in [2.05, 4.69) is 32.5 Å². The minimum Gasteiger partial charge on any atom is -0.394 e. The Morgan fingerprint density at radius 1 is 1.10 bits per heavy atom. The number of nitrogens with zero attached hydrogens (tertiary/aromatic N) is 4. The molecule has 3 heterocycles. The molecule has 0 bridgehead atoms. The predicted octanol–water partition coefficient (Wildman–Crippen LogP) is 1.26. The van der Waals surface area contributed by atoms with Crippen LogP contribution in [0.1, 0.15) is 31.6 Å². The van der Waals surface area contributed by atoms with Crippen LogP contribution in [0.15, 0.2) is 36.7 Å². The van der Waals surface area contributed by atoms with Crippen molar-refractivity contribution in [2.24, 2.45) is 0 Å². The number of aliphatic hydroxyl groups excluding tert-OH is 3. The Kier molecular flexibility index (Phi) is 6.62. The number of ether oxygens (including phenoxy) is 1. The average Bonchev–Trinajstić information content (AvgIpc) is 3.34. The van der Waals surface area contributed by atoms with Gasteiger partial charge in [-0.05, 0) is 12.0 Å². The van der Waals surface area contributed by atoms with Crippen molar-refractivity contribution >= 4 is 22.9 Å². The SMILES string of the molecule is CCCCNc1nc(NCc2ccccc2)nc2c1ncn2[C@@H]1O[C@H](CO)[C@@H](O)[C@H]1O. The molecule has 0 spiro atoms. The van der Waals surface area contributed by atoms with Crippen LogP contribution in [0.5, 0.6) is 0 Å². The van der Waals surface area contributed by atoms with Crippen LogP contribution in [-0.2, 0) is 11.3 Å². The van der Waals surface area contributed by atoms with E-state index in [0.717, 1.165) is 24.9 Å². The summed E-state index contributed by atoms with van der Waals surface area (Å²) in [4.78, 5) is 13.6. The summed E-state index contributed by atoms with van der Waals surface area (Å²) in [5, 5.41) is 36.5. The van der Waals surface area contributed by atoms with Gasteiger partial charge in [-0.1, -0.05) is 43.7 Å². The van der Waals surface area contributed by atoms with Gasteiger partial charge >= 0.3 is 0 Å². The van der Waals surface area contributed by atoms with Crippen LogP contribution in [0, 0.1) is 0 Å². The second-order valence-corrected chi connectivity index (χ2v) is 7.57. The van der Waals surface area contributed by atoms with Crippen molar-refractivity contribution in [3.8, 4) is 0 Å².